The van der Waals surface area contributed by atoms with Crippen molar-refractivity contribution < 1.29 is 19.5 Å². The standard InChI is InChI=1S/C18H21NO4/c1-2-15(20)18-14(19-9-8-17(22)23)10-13(11-16(18)21)12-6-4-3-5-7-12/h3-7,13,18H,2,8-11H2,1H3,(H,22,23)/p-1/t13-,18+/m1/s1. The lowest BCUT2D eigenvalue weighted by molar-refractivity contribution is -0.305. The molecule has 0 radical (unpaired) electrons. The summed E-state index contributed by atoms with van der Waals surface area (Å²) in [6, 6.07) is 9.65. The van der Waals surface area contributed by atoms with Crippen LogP contribution in [0.1, 0.15) is 44.1 Å². The van der Waals surface area contributed by atoms with Crippen molar-refractivity contribution in [3.05, 3.63) is 35.9 Å². The third kappa shape index (κ3) is 4.34. The predicted octanol–water partition coefficient (Wildman–Crippen LogP) is 1.31. The Balaban J connectivity index is 2.24. The highest BCUT2D eigenvalue weighted by molar-refractivity contribution is 6.22. The highest BCUT2D eigenvalue weighted by atomic mass is 16.4. The summed E-state index contributed by atoms with van der Waals surface area (Å²) in [5, 5.41) is 10.5. The van der Waals surface area contributed by atoms with E-state index in [9.17, 15) is 19.5 Å². The zero-order chi connectivity index (χ0) is 16.8. The summed E-state index contributed by atoms with van der Waals surface area (Å²) in [6.45, 7) is 1.76. The van der Waals surface area contributed by atoms with Gasteiger partial charge in [0, 0.05) is 37.5 Å². The van der Waals surface area contributed by atoms with E-state index in [1.807, 2.05) is 30.3 Å². The van der Waals surface area contributed by atoms with Gasteiger partial charge in [0.05, 0.1) is 0 Å². The maximum atomic E-state index is 12.5. The number of hydrogen-bond donors (Lipinski definition) is 0. The largest absolute Gasteiger partial charge is 0.550 e. The first kappa shape index (κ1) is 17.1. The second-order valence-corrected chi connectivity index (χ2v) is 5.73. The first-order valence-corrected chi connectivity index (χ1v) is 7.86. The van der Waals surface area contributed by atoms with Gasteiger partial charge in [-0.25, -0.2) is 0 Å². The van der Waals surface area contributed by atoms with Crippen molar-refractivity contribution in [2.45, 2.75) is 38.5 Å². The molecule has 1 fully saturated rings. The molecule has 0 bridgehead atoms. The van der Waals surface area contributed by atoms with E-state index >= 15 is 0 Å². The van der Waals surface area contributed by atoms with E-state index < -0.39 is 11.9 Å². The van der Waals surface area contributed by atoms with Gasteiger partial charge in [-0.15, -0.1) is 0 Å². The van der Waals surface area contributed by atoms with Gasteiger partial charge in [-0.3, -0.25) is 14.6 Å². The molecule has 1 aromatic carbocycles. The van der Waals surface area contributed by atoms with Crippen LogP contribution < -0.4 is 5.11 Å². The van der Waals surface area contributed by atoms with Gasteiger partial charge < -0.3 is 9.90 Å². The van der Waals surface area contributed by atoms with E-state index in [-0.39, 0.29) is 36.9 Å². The third-order valence-corrected chi connectivity index (χ3v) is 4.13. The second kappa shape index (κ2) is 7.81. The molecule has 23 heavy (non-hydrogen) atoms. The molecule has 5 heteroatoms. The summed E-state index contributed by atoms with van der Waals surface area (Å²) in [7, 11) is 0. The van der Waals surface area contributed by atoms with Crippen LogP contribution in [0.25, 0.3) is 0 Å². The number of benzene rings is 1. The van der Waals surface area contributed by atoms with Gasteiger partial charge in [0.2, 0.25) is 0 Å². The Morgan fingerprint density at radius 2 is 1.91 bits per heavy atom. The maximum Gasteiger partial charge on any atom is 0.149 e. The van der Waals surface area contributed by atoms with Gasteiger partial charge in [0.1, 0.15) is 17.5 Å². The zero-order valence-electron chi connectivity index (χ0n) is 13.2. The van der Waals surface area contributed by atoms with Crippen LogP contribution >= 0.6 is 0 Å². The first-order chi connectivity index (χ1) is 11.0. The van der Waals surface area contributed by atoms with Crippen LogP contribution in [0.3, 0.4) is 0 Å². The summed E-state index contributed by atoms with van der Waals surface area (Å²) in [5.74, 6) is -2.26. The number of carboxylic acid groups (broad SMARTS) is 1. The molecule has 0 amide bonds. The van der Waals surface area contributed by atoms with Gasteiger partial charge in [-0.2, -0.15) is 0 Å². The molecule has 0 heterocycles. The molecule has 1 aromatic rings. The molecule has 2 rings (SSSR count). The molecule has 0 unspecified atom stereocenters. The summed E-state index contributed by atoms with van der Waals surface area (Å²) < 4.78 is 0. The van der Waals surface area contributed by atoms with Crippen LogP contribution in [0.2, 0.25) is 0 Å². The predicted molar refractivity (Wildman–Crippen MR) is 84.1 cm³/mol. The topological polar surface area (TPSA) is 86.6 Å². The molecule has 5 nitrogen and oxygen atoms in total. The fourth-order valence-electron chi connectivity index (χ4n) is 2.97. The minimum Gasteiger partial charge on any atom is -0.550 e. The van der Waals surface area contributed by atoms with E-state index in [4.69, 9.17) is 0 Å². The van der Waals surface area contributed by atoms with Crippen LogP contribution in [0.4, 0.5) is 0 Å². The number of carboxylic acids is 1. The average Bonchev–Trinajstić information content (AvgIpc) is 2.54. The van der Waals surface area contributed by atoms with Crippen molar-refractivity contribution >= 4 is 23.2 Å². The third-order valence-electron chi connectivity index (χ3n) is 4.13. The molecule has 2 atom stereocenters. The van der Waals surface area contributed by atoms with E-state index in [1.165, 1.54) is 0 Å². The fourth-order valence-corrected chi connectivity index (χ4v) is 2.97. The Hall–Kier alpha value is -2.30. The Morgan fingerprint density at radius 3 is 2.52 bits per heavy atom. The molecule has 122 valence electrons. The Labute approximate surface area is 135 Å². The van der Waals surface area contributed by atoms with Crippen molar-refractivity contribution in [2.24, 2.45) is 10.9 Å². The van der Waals surface area contributed by atoms with Crippen LogP contribution in [0.5, 0.6) is 0 Å². The number of hydrogen-bond acceptors (Lipinski definition) is 5. The highest BCUT2D eigenvalue weighted by Crippen LogP contribution is 2.33. The molecule has 1 aliphatic carbocycles. The minimum atomic E-state index is -1.19. The maximum absolute atomic E-state index is 12.5. The molecule has 0 aromatic heterocycles. The van der Waals surface area contributed by atoms with Crippen molar-refractivity contribution in [1.82, 2.24) is 0 Å². The SMILES string of the molecule is CCC(=O)[C@H]1C(=O)C[C@H](c2ccccc2)CC1=NCCC(=O)[O-]. The molecule has 1 saturated carbocycles. The average molecular weight is 314 g/mol. The molecule has 0 spiro atoms. The Morgan fingerprint density at radius 1 is 1.22 bits per heavy atom. The Kier molecular flexibility index (Phi) is 5.79. The number of carbonyl (C=O) groups excluding carboxylic acids is 3. The molecule has 0 aliphatic heterocycles. The number of aliphatic imine (C=N–C) groups is 1. The van der Waals surface area contributed by atoms with Gasteiger partial charge in [-0.05, 0) is 17.9 Å². The zero-order valence-corrected chi connectivity index (χ0v) is 13.2. The van der Waals surface area contributed by atoms with E-state index in [2.05, 4.69) is 4.99 Å². The van der Waals surface area contributed by atoms with Crippen LogP contribution in [0.15, 0.2) is 35.3 Å². The van der Waals surface area contributed by atoms with Gasteiger partial charge in [0.25, 0.3) is 0 Å². The van der Waals surface area contributed by atoms with Gasteiger partial charge in [0.15, 0.2) is 0 Å². The summed E-state index contributed by atoms with van der Waals surface area (Å²) in [5.41, 5.74) is 1.55. The number of carbonyl (C=O) groups is 3. The van der Waals surface area contributed by atoms with Crippen molar-refractivity contribution in [2.75, 3.05) is 6.54 Å². The van der Waals surface area contributed by atoms with Crippen LogP contribution in [0, 0.1) is 5.92 Å². The van der Waals surface area contributed by atoms with Crippen molar-refractivity contribution in [1.29, 1.82) is 0 Å². The van der Waals surface area contributed by atoms with E-state index in [0.29, 0.717) is 18.6 Å². The number of ketones is 2. The molecular formula is C18H20NO4-. The van der Waals surface area contributed by atoms with E-state index in [1.54, 1.807) is 6.92 Å². The lowest BCUT2D eigenvalue weighted by Crippen LogP contribution is -2.38. The highest BCUT2D eigenvalue weighted by Gasteiger charge is 2.37. The Bertz CT molecular complexity index is 621. The fraction of sp³-hybridized carbons (Fsp3) is 0.444. The lowest BCUT2D eigenvalue weighted by atomic mass is 9.74. The normalized spacial score (nSPS) is 23.0. The minimum absolute atomic E-state index is 0.00805. The van der Waals surface area contributed by atoms with Crippen molar-refractivity contribution in [3.8, 4) is 0 Å². The molecular weight excluding hydrogens is 294 g/mol. The molecule has 1 aliphatic rings. The van der Waals surface area contributed by atoms with Crippen molar-refractivity contribution in [3.63, 3.8) is 0 Å². The summed E-state index contributed by atoms with van der Waals surface area (Å²) >= 11 is 0. The van der Waals surface area contributed by atoms with Crippen LogP contribution in [-0.4, -0.2) is 29.8 Å². The lowest BCUT2D eigenvalue weighted by Gasteiger charge is -2.28. The number of Topliss-reactive ketones (excluding diaryl/α,β-unsaturated/α-hetero) is 2. The number of nitrogens with zero attached hydrogens (tertiary/aromatic N) is 1. The smallest absolute Gasteiger partial charge is 0.149 e. The summed E-state index contributed by atoms with van der Waals surface area (Å²) in [6.07, 6.45) is 0.895. The van der Waals surface area contributed by atoms with Gasteiger partial charge >= 0.3 is 0 Å². The molecule has 0 saturated heterocycles. The number of rotatable bonds is 6. The quantitative estimate of drug-likeness (QED) is 0.741. The monoisotopic (exact) mass is 314 g/mol. The first-order valence-electron chi connectivity index (χ1n) is 7.86. The van der Waals surface area contributed by atoms with Gasteiger partial charge in [-0.1, -0.05) is 37.3 Å². The van der Waals surface area contributed by atoms with E-state index in [0.717, 1.165) is 5.56 Å². The number of aliphatic carboxylic acids is 1. The second-order valence-electron chi connectivity index (χ2n) is 5.73. The van der Waals surface area contributed by atoms with Crippen LogP contribution in [-0.2, 0) is 14.4 Å². The molecule has 0 N–H and O–H groups in total. The summed E-state index contributed by atoms with van der Waals surface area (Å²) in [4.78, 5) is 39.4.